The van der Waals surface area contributed by atoms with Gasteiger partial charge in [0.1, 0.15) is 0 Å². The number of nitrogens with zero attached hydrogens (tertiary/aromatic N) is 3. The highest BCUT2D eigenvalue weighted by molar-refractivity contribution is 5.42. The third-order valence-corrected chi connectivity index (χ3v) is 3.10. The van der Waals surface area contributed by atoms with Crippen molar-refractivity contribution in [3.8, 4) is 0 Å². The Balaban J connectivity index is 2.13. The summed E-state index contributed by atoms with van der Waals surface area (Å²) in [6.07, 6.45) is 10.0. The zero-order valence-electron chi connectivity index (χ0n) is 9.73. The molecule has 2 heterocycles. The van der Waals surface area contributed by atoms with E-state index in [1.54, 1.807) is 12.4 Å². The van der Waals surface area contributed by atoms with Crippen LogP contribution in [0.2, 0.25) is 0 Å². The van der Waals surface area contributed by atoms with Crippen molar-refractivity contribution in [3.63, 3.8) is 0 Å². The summed E-state index contributed by atoms with van der Waals surface area (Å²) >= 11 is 0. The summed E-state index contributed by atoms with van der Waals surface area (Å²) in [5, 5.41) is 0. The first-order valence-corrected chi connectivity index (χ1v) is 6.16. The molecule has 2 N–H and O–H groups in total. The number of rotatable bonds is 2. The molecular weight excluding hydrogens is 200 g/mol. The Bertz CT molecular complexity index is 319. The first-order chi connectivity index (χ1) is 7.92. The largest absolute Gasteiger partial charge is 0.355 e. The Morgan fingerprint density at radius 2 is 1.62 bits per heavy atom. The minimum Gasteiger partial charge on any atom is -0.355 e. The predicted octanol–water partition coefficient (Wildman–Crippen LogP) is 1.71. The lowest BCUT2D eigenvalue weighted by Gasteiger charge is -2.26. The van der Waals surface area contributed by atoms with E-state index in [-0.39, 0.29) is 0 Å². The van der Waals surface area contributed by atoms with E-state index in [0.29, 0.717) is 6.54 Å². The highest BCUT2D eigenvalue weighted by Gasteiger charge is 2.13. The van der Waals surface area contributed by atoms with Gasteiger partial charge in [0.2, 0.25) is 0 Å². The molecule has 0 aromatic carbocycles. The average Bonchev–Trinajstić information content (AvgIpc) is 2.29. The minimum absolute atomic E-state index is 0.472. The van der Waals surface area contributed by atoms with Crippen LogP contribution in [-0.2, 0) is 6.54 Å². The van der Waals surface area contributed by atoms with Gasteiger partial charge >= 0.3 is 0 Å². The molecule has 0 saturated carbocycles. The lowest BCUT2D eigenvalue weighted by molar-refractivity contribution is 0.552. The molecule has 1 aliphatic heterocycles. The lowest BCUT2D eigenvalue weighted by Crippen LogP contribution is -2.29. The fourth-order valence-electron chi connectivity index (χ4n) is 2.23. The maximum absolute atomic E-state index is 5.70. The summed E-state index contributed by atoms with van der Waals surface area (Å²) in [7, 11) is 0. The molecule has 2 rings (SSSR count). The molecule has 1 saturated heterocycles. The molecule has 1 aliphatic rings. The molecule has 0 amide bonds. The SMILES string of the molecule is NCc1nccnc1N1CCCCCCC1. The first-order valence-electron chi connectivity index (χ1n) is 6.16. The molecule has 0 aliphatic carbocycles. The Morgan fingerprint density at radius 3 is 2.31 bits per heavy atom. The van der Waals surface area contributed by atoms with E-state index >= 15 is 0 Å². The second kappa shape index (κ2) is 5.80. The molecule has 0 spiro atoms. The van der Waals surface area contributed by atoms with Crippen LogP contribution in [0.4, 0.5) is 5.82 Å². The predicted molar refractivity (Wildman–Crippen MR) is 65.2 cm³/mol. The van der Waals surface area contributed by atoms with E-state index in [1.807, 2.05) is 0 Å². The molecule has 4 nitrogen and oxygen atoms in total. The van der Waals surface area contributed by atoms with Crippen LogP contribution in [0.1, 0.15) is 37.8 Å². The summed E-state index contributed by atoms with van der Waals surface area (Å²) in [6.45, 7) is 2.65. The maximum Gasteiger partial charge on any atom is 0.151 e. The Kier molecular flexibility index (Phi) is 4.10. The van der Waals surface area contributed by atoms with Crippen molar-refractivity contribution in [2.75, 3.05) is 18.0 Å². The van der Waals surface area contributed by atoms with E-state index in [1.165, 1.54) is 32.1 Å². The smallest absolute Gasteiger partial charge is 0.151 e. The second-order valence-electron chi connectivity index (χ2n) is 4.29. The molecule has 16 heavy (non-hydrogen) atoms. The van der Waals surface area contributed by atoms with Crippen LogP contribution in [0, 0.1) is 0 Å². The normalized spacial score (nSPS) is 17.9. The van der Waals surface area contributed by atoms with Crippen molar-refractivity contribution in [1.82, 2.24) is 9.97 Å². The summed E-state index contributed by atoms with van der Waals surface area (Å²) in [5.74, 6) is 0.993. The van der Waals surface area contributed by atoms with Crippen molar-refractivity contribution in [2.24, 2.45) is 5.73 Å². The van der Waals surface area contributed by atoms with Crippen molar-refractivity contribution < 1.29 is 0 Å². The van der Waals surface area contributed by atoms with Crippen LogP contribution in [0.25, 0.3) is 0 Å². The molecule has 1 aromatic heterocycles. The molecule has 1 aromatic rings. The summed E-state index contributed by atoms with van der Waals surface area (Å²) in [4.78, 5) is 11.1. The van der Waals surface area contributed by atoms with Gasteiger partial charge < -0.3 is 10.6 Å². The first kappa shape index (κ1) is 11.3. The highest BCUT2D eigenvalue weighted by atomic mass is 15.2. The van der Waals surface area contributed by atoms with Gasteiger partial charge in [-0.1, -0.05) is 19.3 Å². The van der Waals surface area contributed by atoms with Gasteiger partial charge in [-0.2, -0.15) is 0 Å². The zero-order valence-corrected chi connectivity index (χ0v) is 9.73. The number of nitrogens with two attached hydrogens (primary N) is 1. The number of hydrogen-bond acceptors (Lipinski definition) is 4. The Labute approximate surface area is 96.9 Å². The van der Waals surface area contributed by atoms with Crippen LogP contribution in [0.3, 0.4) is 0 Å². The van der Waals surface area contributed by atoms with E-state index in [2.05, 4.69) is 14.9 Å². The zero-order chi connectivity index (χ0) is 11.2. The Hall–Kier alpha value is -1.16. The molecule has 0 unspecified atom stereocenters. The van der Waals surface area contributed by atoms with Crippen LogP contribution in [0.15, 0.2) is 12.4 Å². The Morgan fingerprint density at radius 1 is 1.00 bits per heavy atom. The van der Waals surface area contributed by atoms with Crippen molar-refractivity contribution >= 4 is 5.82 Å². The quantitative estimate of drug-likeness (QED) is 0.824. The van der Waals surface area contributed by atoms with Crippen LogP contribution >= 0.6 is 0 Å². The van der Waals surface area contributed by atoms with Gasteiger partial charge in [-0.15, -0.1) is 0 Å². The fraction of sp³-hybridized carbons (Fsp3) is 0.667. The molecular formula is C12H20N4. The van der Waals surface area contributed by atoms with E-state index in [0.717, 1.165) is 24.6 Å². The average molecular weight is 220 g/mol. The monoisotopic (exact) mass is 220 g/mol. The molecule has 88 valence electrons. The number of aromatic nitrogens is 2. The van der Waals surface area contributed by atoms with E-state index in [4.69, 9.17) is 5.73 Å². The second-order valence-corrected chi connectivity index (χ2v) is 4.29. The van der Waals surface area contributed by atoms with Gasteiger partial charge in [0.25, 0.3) is 0 Å². The van der Waals surface area contributed by atoms with Gasteiger partial charge in [-0.25, -0.2) is 4.98 Å². The topological polar surface area (TPSA) is 55.0 Å². The molecule has 0 radical (unpaired) electrons. The molecule has 0 bridgehead atoms. The van der Waals surface area contributed by atoms with Crippen molar-refractivity contribution in [2.45, 2.75) is 38.6 Å². The standard InChI is InChI=1S/C12H20N4/c13-10-11-12(15-7-6-14-11)16-8-4-2-1-3-5-9-16/h6-7H,1-5,8-10,13H2. The number of hydrogen-bond donors (Lipinski definition) is 1. The molecule has 0 atom stereocenters. The minimum atomic E-state index is 0.472. The summed E-state index contributed by atoms with van der Waals surface area (Å²) in [5.41, 5.74) is 6.62. The molecule has 4 heteroatoms. The maximum atomic E-state index is 5.70. The van der Waals surface area contributed by atoms with Gasteiger partial charge in [-0.05, 0) is 12.8 Å². The van der Waals surface area contributed by atoms with Gasteiger partial charge in [-0.3, -0.25) is 4.98 Å². The van der Waals surface area contributed by atoms with Crippen molar-refractivity contribution in [3.05, 3.63) is 18.1 Å². The van der Waals surface area contributed by atoms with Crippen LogP contribution < -0.4 is 10.6 Å². The lowest BCUT2D eigenvalue weighted by atomic mass is 10.1. The molecule has 1 fully saturated rings. The van der Waals surface area contributed by atoms with Crippen LogP contribution in [-0.4, -0.2) is 23.1 Å². The van der Waals surface area contributed by atoms with Gasteiger partial charge in [0, 0.05) is 32.0 Å². The third-order valence-electron chi connectivity index (χ3n) is 3.10. The number of anilines is 1. The summed E-state index contributed by atoms with van der Waals surface area (Å²) < 4.78 is 0. The third kappa shape index (κ3) is 2.70. The van der Waals surface area contributed by atoms with Crippen molar-refractivity contribution in [1.29, 1.82) is 0 Å². The fourth-order valence-corrected chi connectivity index (χ4v) is 2.23. The van der Waals surface area contributed by atoms with Gasteiger partial charge in [0.15, 0.2) is 5.82 Å². The summed E-state index contributed by atoms with van der Waals surface area (Å²) in [6, 6.07) is 0. The van der Waals surface area contributed by atoms with Crippen LogP contribution in [0.5, 0.6) is 0 Å². The van der Waals surface area contributed by atoms with E-state index in [9.17, 15) is 0 Å². The van der Waals surface area contributed by atoms with Gasteiger partial charge in [0.05, 0.1) is 5.69 Å². The highest BCUT2D eigenvalue weighted by Crippen LogP contribution is 2.19. The van der Waals surface area contributed by atoms with E-state index < -0.39 is 0 Å².